The average Bonchev–Trinajstić information content (AvgIpc) is 2.69. The van der Waals surface area contributed by atoms with Crippen LogP contribution in [0.25, 0.3) is 11.0 Å². The maximum atomic E-state index is 13.4. The molecule has 6 heteroatoms. The molecule has 1 saturated heterocycles. The minimum absolute atomic E-state index is 0.0372. The molecular formula is C22H23IN4O. The number of halogens is 1. The van der Waals surface area contributed by atoms with Crippen molar-refractivity contribution in [3.63, 3.8) is 0 Å². The third-order valence-electron chi connectivity index (χ3n) is 5.28. The van der Waals surface area contributed by atoms with E-state index in [4.69, 9.17) is 0 Å². The Morgan fingerprint density at radius 3 is 2.71 bits per heavy atom. The second-order valence-electron chi connectivity index (χ2n) is 7.35. The molecule has 3 aromatic rings. The van der Waals surface area contributed by atoms with Gasteiger partial charge in [-0.1, -0.05) is 0 Å². The van der Waals surface area contributed by atoms with Crippen LogP contribution in [0, 0.1) is 10.5 Å². The SMILES string of the molecule is Cc1ccc2c(Nc3ccc(I)cc3)c(C(=O)N3CCCCC3C)cnc2n1. The molecule has 1 atom stereocenters. The Labute approximate surface area is 178 Å². The van der Waals surface area contributed by atoms with E-state index in [1.165, 1.54) is 9.99 Å². The van der Waals surface area contributed by atoms with Crippen LogP contribution in [0.15, 0.2) is 42.6 Å². The summed E-state index contributed by atoms with van der Waals surface area (Å²) in [5.41, 5.74) is 3.88. The molecule has 0 radical (unpaired) electrons. The molecule has 28 heavy (non-hydrogen) atoms. The molecular weight excluding hydrogens is 463 g/mol. The quantitative estimate of drug-likeness (QED) is 0.511. The zero-order valence-electron chi connectivity index (χ0n) is 16.1. The van der Waals surface area contributed by atoms with Gasteiger partial charge in [-0.3, -0.25) is 4.79 Å². The summed E-state index contributed by atoms with van der Waals surface area (Å²) in [7, 11) is 0. The largest absolute Gasteiger partial charge is 0.354 e. The molecule has 2 aromatic heterocycles. The van der Waals surface area contributed by atoms with Gasteiger partial charge in [-0.05, 0) is 92.1 Å². The number of anilines is 2. The van der Waals surface area contributed by atoms with E-state index in [1.807, 2.05) is 48.2 Å². The van der Waals surface area contributed by atoms with Crippen LogP contribution in [0.3, 0.4) is 0 Å². The van der Waals surface area contributed by atoms with E-state index in [1.54, 1.807) is 6.20 Å². The number of rotatable bonds is 3. The van der Waals surface area contributed by atoms with Crippen LogP contribution in [0.5, 0.6) is 0 Å². The number of pyridine rings is 2. The molecule has 5 nitrogen and oxygen atoms in total. The molecule has 1 fully saturated rings. The zero-order valence-corrected chi connectivity index (χ0v) is 18.2. The van der Waals surface area contributed by atoms with Crippen molar-refractivity contribution in [2.24, 2.45) is 0 Å². The molecule has 1 aliphatic heterocycles. The predicted molar refractivity (Wildman–Crippen MR) is 121 cm³/mol. The number of hydrogen-bond acceptors (Lipinski definition) is 4. The molecule has 1 unspecified atom stereocenters. The summed E-state index contributed by atoms with van der Waals surface area (Å²) in [6.45, 7) is 4.87. The summed E-state index contributed by atoms with van der Waals surface area (Å²) in [5, 5.41) is 4.33. The highest BCUT2D eigenvalue weighted by Crippen LogP contribution is 2.31. The smallest absolute Gasteiger partial charge is 0.257 e. The predicted octanol–water partition coefficient (Wildman–Crippen LogP) is 5.30. The van der Waals surface area contributed by atoms with Crippen molar-refractivity contribution in [2.75, 3.05) is 11.9 Å². The van der Waals surface area contributed by atoms with E-state index in [0.717, 1.165) is 41.8 Å². The van der Waals surface area contributed by atoms with Crippen LogP contribution in [0.1, 0.15) is 42.2 Å². The lowest BCUT2D eigenvalue weighted by Crippen LogP contribution is -2.42. The van der Waals surface area contributed by atoms with Crippen LogP contribution < -0.4 is 5.32 Å². The van der Waals surface area contributed by atoms with Gasteiger partial charge in [0.05, 0.1) is 11.3 Å². The maximum absolute atomic E-state index is 13.4. The van der Waals surface area contributed by atoms with Gasteiger partial charge in [0.1, 0.15) is 0 Å². The first kappa shape index (κ1) is 19.1. The highest BCUT2D eigenvalue weighted by atomic mass is 127. The molecule has 0 aliphatic carbocycles. The Balaban J connectivity index is 1.81. The average molecular weight is 486 g/mol. The zero-order chi connectivity index (χ0) is 19.7. The van der Waals surface area contributed by atoms with Gasteiger partial charge in [0.2, 0.25) is 0 Å². The number of nitrogens with one attached hydrogen (secondary N) is 1. The van der Waals surface area contributed by atoms with Gasteiger partial charge in [-0.25, -0.2) is 9.97 Å². The molecule has 0 saturated carbocycles. The normalized spacial score (nSPS) is 17.0. The fourth-order valence-corrected chi connectivity index (χ4v) is 4.06. The van der Waals surface area contributed by atoms with Crippen molar-refractivity contribution >= 4 is 50.9 Å². The van der Waals surface area contributed by atoms with Crippen LogP contribution >= 0.6 is 22.6 Å². The number of nitrogens with zero attached hydrogens (tertiary/aromatic N) is 3. The van der Waals surface area contributed by atoms with E-state index in [-0.39, 0.29) is 11.9 Å². The Kier molecular flexibility index (Phi) is 5.48. The minimum Gasteiger partial charge on any atom is -0.354 e. The lowest BCUT2D eigenvalue weighted by atomic mass is 10.0. The van der Waals surface area contributed by atoms with Crippen LogP contribution in [0.4, 0.5) is 11.4 Å². The summed E-state index contributed by atoms with van der Waals surface area (Å²) < 4.78 is 1.17. The number of aromatic nitrogens is 2. The number of carbonyl (C=O) groups is 1. The van der Waals surface area contributed by atoms with Gasteiger partial charge in [-0.2, -0.15) is 0 Å². The van der Waals surface area contributed by atoms with Gasteiger partial charge in [-0.15, -0.1) is 0 Å². The fourth-order valence-electron chi connectivity index (χ4n) is 3.70. The molecule has 1 aromatic carbocycles. The number of carbonyl (C=O) groups excluding carboxylic acids is 1. The van der Waals surface area contributed by atoms with Crippen molar-refractivity contribution in [1.29, 1.82) is 0 Å². The number of aryl methyl sites for hydroxylation is 1. The van der Waals surface area contributed by atoms with Crippen molar-refractivity contribution in [3.05, 3.63) is 57.4 Å². The molecule has 3 heterocycles. The van der Waals surface area contributed by atoms with E-state index in [9.17, 15) is 4.79 Å². The second kappa shape index (κ2) is 8.03. The van der Waals surface area contributed by atoms with Crippen molar-refractivity contribution in [1.82, 2.24) is 14.9 Å². The Morgan fingerprint density at radius 2 is 1.96 bits per heavy atom. The number of hydrogen-bond donors (Lipinski definition) is 1. The Morgan fingerprint density at radius 1 is 1.18 bits per heavy atom. The highest BCUT2D eigenvalue weighted by molar-refractivity contribution is 14.1. The topological polar surface area (TPSA) is 58.1 Å². The first-order chi connectivity index (χ1) is 13.5. The summed E-state index contributed by atoms with van der Waals surface area (Å²) in [5.74, 6) is 0.0372. The standard InChI is InChI=1S/C22H23IN4O/c1-14-6-11-18-20(26-17-9-7-16(23)8-10-17)19(13-24-21(18)25-14)22(28)27-12-4-3-5-15(27)2/h6-11,13,15H,3-5,12H2,1-2H3,(H,24,25,26). The number of piperidine rings is 1. The third-order valence-corrected chi connectivity index (χ3v) is 6.00. The van der Waals surface area contributed by atoms with Crippen molar-refractivity contribution in [3.8, 4) is 0 Å². The van der Waals surface area contributed by atoms with E-state index in [0.29, 0.717) is 11.2 Å². The Bertz CT molecular complexity index is 1020. The molecule has 0 bridgehead atoms. The number of fused-ring (bicyclic) bond motifs is 1. The number of benzene rings is 1. The van der Waals surface area contributed by atoms with Crippen LogP contribution in [0.2, 0.25) is 0 Å². The summed E-state index contributed by atoms with van der Waals surface area (Å²) in [6, 6.07) is 12.3. The monoisotopic (exact) mass is 486 g/mol. The van der Waals surface area contributed by atoms with Crippen molar-refractivity contribution < 1.29 is 4.79 Å². The van der Waals surface area contributed by atoms with Gasteiger partial charge < -0.3 is 10.2 Å². The van der Waals surface area contributed by atoms with Gasteiger partial charge in [0.15, 0.2) is 5.65 Å². The molecule has 1 aliphatic rings. The second-order valence-corrected chi connectivity index (χ2v) is 8.59. The van der Waals surface area contributed by atoms with Gasteiger partial charge in [0, 0.05) is 39.1 Å². The lowest BCUT2D eigenvalue weighted by molar-refractivity contribution is 0.0636. The van der Waals surface area contributed by atoms with E-state index < -0.39 is 0 Å². The number of likely N-dealkylation sites (tertiary alicyclic amines) is 1. The molecule has 1 N–H and O–H groups in total. The van der Waals surface area contributed by atoms with E-state index in [2.05, 4.69) is 44.8 Å². The van der Waals surface area contributed by atoms with E-state index >= 15 is 0 Å². The molecule has 1 amide bonds. The summed E-state index contributed by atoms with van der Waals surface area (Å²) in [6.07, 6.45) is 4.95. The highest BCUT2D eigenvalue weighted by Gasteiger charge is 2.27. The Hall–Kier alpha value is -2.22. The van der Waals surface area contributed by atoms with Gasteiger partial charge >= 0.3 is 0 Å². The third kappa shape index (κ3) is 3.83. The first-order valence-electron chi connectivity index (χ1n) is 9.63. The summed E-state index contributed by atoms with van der Waals surface area (Å²) >= 11 is 2.29. The van der Waals surface area contributed by atoms with Crippen molar-refractivity contribution in [2.45, 2.75) is 39.2 Å². The van der Waals surface area contributed by atoms with Crippen LogP contribution in [-0.2, 0) is 0 Å². The lowest BCUT2D eigenvalue weighted by Gasteiger charge is -2.34. The van der Waals surface area contributed by atoms with Gasteiger partial charge in [0.25, 0.3) is 5.91 Å². The fraction of sp³-hybridized carbons (Fsp3) is 0.318. The molecule has 4 rings (SSSR count). The van der Waals surface area contributed by atoms with Crippen LogP contribution in [-0.4, -0.2) is 33.4 Å². The molecule has 144 valence electrons. The first-order valence-corrected chi connectivity index (χ1v) is 10.7. The minimum atomic E-state index is 0.0372. The molecule has 0 spiro atoms. The number of amides is 1. The summed E-state index contributed by atoms with van der Waals surface area (Å²) in [4.78, 5) is 24.4. The maximum Gasteiger partial charge on any atom is 0.257 e.